The molecule has 0 radical (unpaired) electrons. The molecule has 0 fully saturated rings. The van der Waals surface area contributed by atoms with Crippen molar-refractivity contribution in [1.82, 2.24) is 0 Å². The van der Waals surface area contributed by atoms with Crippen LogP contribution in [0, 0.1) is 0 Å². The van der Waals surface area contributed by atoms with E-state index in [1.54, 1.807) is 7.11 Å². The molecule has 0 atom stereocenters. The van der Waals surface area contributed by atoms with E-state index in [9.17, 15) is 0 Å². The summed E-state index contributed by atoms with van der Waals surface area (Å²) < 4.78 is 5.21. The van der Waals surface area contributed by atoms with Gasteiger partial charge in [0.1, 0.15) is 0 Å². The number of nitrogens with two attached hydrogens (primary N) is 1. The minimum atomic E-state index is 0.133. The fraction of sp³-hybridized carbons (Fsp3) is 0.533. The van der Waals surface area contributed by atoms with Gasteiger partial charge in [0.25, 0.3) is 0 Å². The van der Waals surface area contributed by atoms with Crippen LogP contribution in [0.15, 0.2) is 29.4 Å². The normalized spacial score (nSPS) is 11.9. The number of anilines is 1. The predicted octanol–water partition coefficient (Wildman–Crippen LogP) is 2.42. The number of ether oxygens (including phenoxy) is 1. The van der Waals surface area contributed by atoms with Crippen LogP contribution in [0.25, 0.3) is 0 Å². The summed E-state index contributed by atoms with van der Waals surface area (Å²) in [5, 5.41) is 12.1. The molecule has 112 valence electrons. The molecule has 0 bridgehead atoms. The highest BCUT2D eigenvalue weighted by Crippen LogP contribution is 2.24. The Morgan fingerprint density at radius 2 is 2.00 bits per heavy atom. The van der Waals surface area contributed by atoms with E-state index < -0.39 is 0 Å². The van der Waals surface area contributed by atoms with Crippen molar-refractivity contribution in [2.45, 2.75) is 32.7 Å². The van der Waals surface area contributed by atoms with Crippen LogP contribution in [0.3, 0.4) is 0 Å². The quantitative estimate of drug-likeness (QED) is 0.332. The van der Waals surface area contributed by atoms with Gasteiger partial charge in [0.05, 0.1) is 6.61 Å². The van der Waals surface area contributed by atoms with E-state index in [2.05, 4.69) is 23.9 Å². The van der Waals surface area contributed by atoms with E-state index >= 15 is 0 Å². The number of benzene rings is 1. The van der Waals surface area contributed by atoms with Crippen molar-refractivity contribution < 1.29 is 9.94 Å². The lowest BCUT2D eigenvalue weighted by atomic mass is 10.1. The topological polar surface area (TPSA) is 71.1 Å². The Balaban J connectivity index is 3.18. The van der Waals surface area contributed by atoms with E-state index in [-0.39, 0.29) is 5.84 Å². The van der Waals surface area contributed by atoms with Gasteiger partial charge in [-0.2, -0.15) is 0 Å². The maximum Gasteiger partial charge on any atom is 0.172 e. The Labute approximate surface area is 121 Å². The van der Waals surface area contributed by atoms with Crippen LogP contribution in [0.5, 0.6) is 0 Å². The van der Waals surface area contributed by atoms with Gasteiger partial charge in [0.15, 0.2) is 5.84 Å². The van der Waals surface area contributed by atoms with Gasteiger partial charge in [0, 0.05) is 30.9 Å². The molecule has 0 saturated heterocycles. The van der Waals surface area contributed by atoms with Gasteiger partial charge < -0.3 is 20.6 Å². The van der Waals surface area contributed by atoms with Gasteiger partial charge in [0.2, 0.25) is 0 Å². The molecule has 5 nitrogen and oxygen atoms in total. The third-order valence-corrected chi connectivity index (χ3v) is 3.52. The average molecular weight is 279 g/mol. The fourth-order valence-corrected chi connectivity index (χ4v) is 2.41. The SMILES string of the molecule is CCC(CC)N(CCOC)c1ccccc1C(N)=NO. The zero-order valence-electron chi connectivity index (χ0n) is 12.5. The average Bonchev–Trinajstić information content (AvgIpc) is 2.50. The standard InChI is InChI=1S/C15H25N3O2/c1-4-12(5-2)18(10-11-20-3)14-9-7-6-8-13(14)15(16)17-19/h6-9,12,19H,4-5,10-11H2,1-3H3,(H2,16,17). The van der Waals surface area contributed by atoms with Crippen LogP contribution in [-0.4, -0.2) is 37.3 Å². The van der Waals surface area contributed by atoms with Crippen molar-refractivity contribution in [2.75, 3.05) is 25.2 Å². The molecule has 1 rings (SSSR count). The van der Waals surface area contributed by atoms with Gasteiger partial charge in [-0.15, -0.1) is 0 Å². The lowest BCUT2D eigenvalue weighted by Crippen LogP contribution is -2.38. The van der Waals surface area contributed by atoms with Crippen LogP contribution in [0.2, 0.25) is 0 Å². The number of oxime groups is 1. The van der Waals surface area contributed by atoms with Gasteiger partial charge in [-0.3, -0.25) is 0 Å². The molecular formula is C15H25N3O2. The molecule has 0 spiro atoms. The van der Waals surface area contributed by atoms with E-state index in [1.165, 1.54) is 0 Å². The first-order valence-corrected chi connectivity index (χ1v) is 7.02. The molecule has 0 aromatic heterocycles. The van der Waals surface area contributed by atoms with E-state index in [0.29, 0.717) is 12.6 Å². The molecule has 0 aliphatic rings. The molecule has 0 heterocycles. The minimum Gasteiger partial charge on any atom is -0.409 e. The third-order valence-electron chi connectivity index (χ3n) is 3.52. The molecule has 0 amide bonds. The van der Waals surface area contributed by atoms with Crippen molar-refractivity contribution in [3.63, 3.8) is 0 Å². The number of amidine groups is 1. The third kappa shape index (κ3) is 3.87. The highest BCUT2D eigenvalue weighted by molar-refractivity contribution is 6.02. The number of hydrogen-bond acceptors (Lipinski definition) is 4. The van der Waals surface area contributed by atoms with Gasteiger partial charge in [-0.05, 0) is 25.0 Å². The Morgan fingerprint density at radius 3 is 2.55 bits per heavy atom. The highest BCUT2D eigenvalue weighted by Gasteiger charge is 2.19. The smallest absolute Gasteiger partial charge is 0.172 e. The molecular weight excluding hydrogens is 254 g/mol. The number of nitrogens with zero attached hydrogens (tertiary/aromatic N) is 2. The number of methoxy groups -OCH3 is 1. The second kappa shape index (κ2) is 8.43. The van der Waals surface area contributed by atoms with Crippen LogP contribution in [-0.2, 0) is 4.74 Å². The number of hydrogen-bond donors (Lipinski definition) is 2. The summed E-state index contributed by atoms with van der Waals surface area (Å²) >= 11 is 0. The van der Waals surface area contributed by atoms with Gasteiger partial charge in [-0.1, -0.05) is 31.1 Å². The molecule has 5 heteroatoms. The molecule has 0 saturated carbocycles. The second-order valence-electron chi connectivity index (χ2n) is 4.66. The first-order valence-electron chi connectivity index (χ1n) is 7.02. The van der Waals surface area contributed by atoms with Crippen LogP contribution < -0.4 is 10.6 Å². The summed E-state index contributed by atoms with van der Waals surface area (Å²) in [6, 6.07) is 8.12. The number of rotatable bonds is 8. The predicted molar refractivity (Wildman–Crippen MR) is 82.5 cm³/mol. The maximum absolute atomic E-state index is 8.94. The van der Waals surface area contributed by atoms with E-state index in [0.717, 1.165) is 30.6 Å². The fourth-order valence-electron chi connectivity index (χ4n) is 2.41. The van der Waals surface area contributed by atoms with Crippen molar-refractivity contribution in [3.8, 4) is 0 Å². The summed E-state index contributed by atoms with van der Waals surface area (Å²) in [6.45, 7) is 5.75. The monoisotopic (exact) mass is 279 g/mol. The van der Waals surface area contributed by atoms with E-state index in [1.807, 2.05) is 24.3 Å². The molecule has 20 heavy (non-hydrogen) atoms. The van der Waals surface area contributed by atoms with Gasteiger partial charge >= 0.3 is 0 Å². The van der Waals surface area contributed by atoms with E-state index in [4.69, 9.17) is 15.7 Å². The Hall–Kier alpha value is -1.75. The Bertz CT molecular complexity index is 431. The molecule has 0 unspecified atom stereocenters. The molecule has 1 aromatic rings. The largest absolute Gasteiger partial charge is 0.409 e. The van der Waals surface area contributed by atoms with Crippen molar-refractivity contribution in [1.29, 1.82) is 0 Å². The highest BCUT2D eigenvalue weighted by atomic mass is 16.5. The second-order valence-corrected chi connectivity index (χ2v) is 4.66. The number of para-hydroxylation sites is 1. The lowest BCUT2D eigenvalue weighted by molar-refractivity contribution is 0.202. The van der Waals surface area contributed by atoms with Crippen molar-refractivity contribution in [2.24, 2.45) is 10.9 Å². The zero-order chi connectivity index (χ0) is 15.0. The maximum atomic E-state index is 8.94. The zero-order valence-corrected chi connectivity index (χ0v) is 12.5. The lowest BCUT2D eigenvalue weighted by Gasteiger charge is -2.33. The Morgan fingerprint density at radius 1 is 1.35 bits per heavy atom. The summed E-state index contributed by atoms with van der Waals surface area (Å²) in [6.07, 6.45) is 2.06. The van der Waals surface area contributed by atoms with Crippen molar-refractivity contribution >= 4 is 11.5 Å². The summed E-state index contributed by atoms with van der Waals surface area (Å²) in [7, 11) is 1.69. The molecule has 1 aromatic carbocycles. The summed E-state index contributed by atoms with van der Waals surface area (Å²) in [5.74, 6) is 0.133. The molecule has 3 N–H and O–H groups in total. The summed E-state index contributed by atoms with van der Waals surface area (Å²) in [4.78, 5) is 2.27. The molecule has 0 aliphatic heterocycles. The first kappa shape index (κ1) is 16.3. The van der Waals surface area contributed by atoms with Crippen LogP contribution in [0.4, 0.5) is 5.69 Å². The Kier molecular flexibility index (Phi) is 6.87. The van der Waals surface area contributed by atoms with Gasteiger partial charge in [-0.25, -0.2) is 0 Å². The summed E-state index contributed by atoms with van der Waals surface area (Å²) in [5.41, 5.74) is 7.51. The first-order chi connectivity index (χ1) is 9.69. The minimum absolute atomic E-state index is 0.133. The molecule has 0 aliphatic carbocycles. The van der Waals surface area contributed by atoms with Crippen LogP contribution in [0.1, 0.15) is 32.3 Å². The van der Waals surface area contributed by atoms with Crippen LogP contribution >= 0.6 is 0 Å². The van der Waals surface area contributed by atoms with Crippen molar-refractivity contribution in [3.05, 3.63) is 29.8 Å².